The number of imide groups is 1. The molecule has 116 valence electrons. The molecule has 0 saturated carbocycles. The Morgan fingerprint density at radius 2 is 1.86 bits per heavy atom. The summed E-state index contributed by atoms with van der Waals surface area (Å²) >= 11 is 0. The summed E-state index contributed by atoms with van der Waals surface area (Å²) in [6, 6.07) is 9.69. The van der Waals surface area contributed by atoms with Gasteiger partial charge in [0.15, 0.2) is 6.54 Å². The smallest absolute Gasteiger partial charge is 0.321 e. The number of carbonyl (C=O) groups is 2. The van der Waals surface area contributed by atoms with Crippen LogP contribution in [0, 0.1) is 0 Å². The zero-order valence-corrected chi connectivity index (χ0v) is 13.1. The zero-order valence-electron chi connectivity index (χ0n) is 13.1. The fourth-order valence-electron chi connectivity index (χ4n) is 1.96. The van der Waals surface area contributed by atoms with E-state index in [1.54, 1.807) is 0 Å². The Balaban J connectivity index is 2.42. The predicted octanol–water partition coefficient (Wildman–Crippen LogP) is 0.716. The predicted molar refractivity (Wildman–Crippen MR) is 82.9 cm³/mol. The molecule has 0 saturated heterocycles. The number of rotatable bonds is 7. The second-order valence-electron chi connectivity index (χ2n) is 5.27. The number of nitrogens with one attached hydrogen (secondary N) is 3. The highest BCUT2D eigenvalue weighted by molar-refractivity contribution is 5.94. The number of likely N-dealkylation sites (N-methyl/N-ethyl adjacent to an activating group) is 1. The molecule has 0 aliphatic carbocycles. The largest absolute Gasteiger partial charge is 0.335 e. The molecule has 0 radical (unpaired) electrons. The van der Waals surface area contributed by atoms with Crippen molar-refractivity contribution in [2.24, 2.45) is 0 Å². The number of hydrogen-bond acceptors (Lipinski definition) is 2. The van der Waals surface area contributed by atoms with Crippen molar-refractivity contribution in [2.45, 2.75) is 39.8 Å². The summed E-state index contributed by atoms with van der Waals surface area (Å²) in [6.45, 7) is 7.82. The molecule has 1 aromatic carbocycles. The normalized spacial score (nSPS) is 13.3. The van der Waals surface area contributed by atoms with Crippen LogP contribution >= 0.6 is 0 Å². The van der Waals surface area contributed by atoms with Gasteiger partial charge in [0.1, 0.15) is 6.54 Å². The maximum absolute atomic E-state index is 11.9. The quantitative estimate of drug-likeness (QED) is 0.693. The van der Waals surface area contributed by atoms with Crippen LogP contribution in [0.15, 0.2) is 30.3 Å². The van der Waals surface area contributed by atoms with E-state index in [0.717, 1.165) is 24.4 Å². The average molecular weight is 292 g/mol. The van der Waals surface area contributed by atoms with E-state index in [-0.39, 0.29) is 11.9 Å². The molecule has 0 heterocycles. The van der Waals surface area contributed by atoms with Crippen LogP contribution in [0.2, 0.25) is 0 Å². The van der Waals surface area contributed by atoms with E-state index in [1.165, 1.54) is 5.56 Å². The molecule has 5 nitrogen and oxygen atoms in total. The maximum atomic E-state index is 11.9. The topological polar surface area (TPSA) is 62.6 Å². The minimum Gasteiger partial charge on any atom is -0.335 e. The number of benzene rings is 1. The molecular formula is C16H26N3O2+. The van der Waals surface area contributed by atoms with E-state index >= 15 is 0 Å². The van der Waals surface area contributed by atoms with Gasteiger partial charge in [0.05, 0.1) is 6.54 Å². The fraction of sp³-hybridized carbons (Fsp3) is 0.500. The molecule has 3 N–H and O–H groups in total. The van der Waals surface area contributed by atoms with Crippen LogP contribution in [0.1, 0.15) is 32.8 Å². The van der Waals surface area contributed by atoms with E-state index in [9.17, 15) is 9.59 Å². The van der Waals surface area contributed by atoms with Crippen molar-refractivity contribution in [3.63, 3.8) is 0 Å². The van der Waals surface area contributed by atoms with Crippen molar-refractivity contribution >= 4 is 11.9 Å². The Morgan fingerprint density at radius 1 is 1.19 bits per heavy atom. The van der Waals surface area contributed by atoms with Gasteiger partial charge in [0.25, 0.3) is 5.91 Å². The van der Waals surface area contributed by atoms with Crippen LogP contribution in [-0.2, 0) is 11.3 Å². The molecule has 5 heteroatoms. The lowest BCUT2D eigenvalue weighted by molar-refractivity contribution is -0.904. The Hall–Kier alpha value is -1.88. The highest BCUT2D eigenvalue weighted by Gasteiger charge is 2.16. The Morgan fingerprint density at radius 3 is 2.43 bits per heavy atom. The van der Waals surface area contributed by atoms with E-state index in [2.05, 4.69) is 10.6 Å². The lowest BCUT2D eigenvalue weighted by Gasteiger charge is -2.17. The fourth-order valence-corrected chi connectivity index (χ4v) is 1.96. The highest BCUT2D eigenvalue weighted by Crippen LogP contribution is 1.95. The minimum absolute atomic E-state index is 0.0664. The first kappa shape index (κ1) is 17.2. The summed E-state index contributed by atoms with van der Waals surface area (Å²) < 4.78 is 0. The van der Waals surface area contributed by atoms with Gasteiger partial charge in [0, 0.05) is 11.6 Å². The SMILES string of the molecule is CC[C@H](C)NC(=O)NC(=O)C[NH+](CC)Cc1ccccc1. The summed E-state index contributed by atoms with van der Waals surface area (Å²) in [5.74, 6) is -0.247. The number of carbonyl (C=O) groups excluding carboxylic acids is 2. The van der Waals surface area contributed by atoms with Gasteiger partial charge in [-0.2, -0.15) is 0 Å². The highest BCUT2D eigenvalue weighted by atomic mass is 16.2. The Labute approximate surface area is 126 Å². The third kappa shape index (κ3) is 6.90. The van der Waals surface area contributed by atoms with Crippen LogP contribution in [0.3, 0.4) is 0 Å². The lowest BCUT2D eigenvalue weighted by atomic mass is 10.2. The second-order valence-corrected chi connectivity index (χ2v) is 5.27. The molecule has 2 atom stereocenters. The third-order valence-electron chi connectivity index (χ3n) is 3.45. The summed E-state index contributed by atoms with van der Waals surface area (Å²) in [5.41, 5.74) is 1.19. The van der Waals surface area contributed by atoms with Gasteiger partial charge in [-0.05, 0) is 20.3 Å². The Kier molecular flexibility index (Phi) is 7.46. The first-order valence-electron chi connectivity index (χ1n) is 7.53. The van der Waals surface area contributed by atoms with Gasteiger partial charge in [-0.25, -0.2) is 4.79 Å². The molecule has 1 aromatic rings. The van der Waals surface area contributed by atoms with E-state index in [4.69, 9.17) is 0 Å². The second kappa shape index (κ2) is 9.13. The molecule has 21 heavy (non-hydrogen) atoms. The molecular weight excluding hydrogens is 266 g/mol. The van der Waals surface area contributed by atoms with Crippen LogP contribution < -0.4 is 15.5 Å². The van der Waals surface area contributed by atoms with Gasteiger partial charge in [-0.3, -0.25) is 10.1 Å². The van der Waals surface area contributed by atoms with Crippen molar-refractivity contribution < 1.29 is 14.5 Å². The van der Waals surface area contributed by atoms with Gasteiger partial charge in [0.2, 0.25) is 0 Å². The van der Waals surface area contributed by atoms with Crippen LogP contribution in [0.25, 0.3) is 0 Å². The van der Waals surface area contributed by atoms with Gasteiger partial charge in [-0.1, -0.05) is 37.3 Å². The van der Waals surface area contributed by atoms with Crippen molar-refractivity contribution in [3.8, 4) is 0 Å². The number of urea groups is 1. The summed E-state index contributed by atoms with van der Waals surface area (Å²) in [6.07, 6.45) is 0.835. The van der Waals surface area contributed by atoms with Crippen LogP contribution in [0.4, 0.5) is 4.79 Å². The molecule has 1 rings (SSSR count). The lowest BCUT2D eigenvalue weighted by Crippen LogP contribution is -3.11. The van der Waals surface area contributed by atoms with Crippen molar-refractivity contribution in [3.05, 3.63) is 35.9 Å². The summed E-state index contributed by atoms with van der Waals surface area (Å²) in [4.78, 5) is 24.6. The molecule has 0 fully saturated rings. The van der Waals surface area contributed by atoms with Crippen molar-refractivity contribution in [1.82, 2.24) is 10.6 Å². The van der Waals surface area contributed by atoms with Crippen LogP contribution in [0.5, 0.6) is 0 Å². The van der Waals surface area contributed by atoms with Crippen molar-refractivity contribution in [1.29, 1.82) is 0 Å². The average Bonchev–Trinajstić information content (AvgIpc) is 2.47. The first-order valence-corrected chi connectivity index (χ1v) is 7.53. The molecule has 0 aliphatic heterocycles. The monoisotopic (exact) mass is 292 g/mol. The molecule has 0 bridgehead atoms. The summed E-state index contributed by atoms with van der Waals surface area (Å²) in [7, 11) is 0. The standard InChI is InChI=1S/C16H25N3O2/c1-4-13(3)17-16(21)18-15(20)12-19(5-2)11-14-9-7-6-8-10-14/h6-10,13H,4-5,11-12H2,1-3H3,(H2,17,18,20,21)/p+1/t13-/m0/s1. The van der Waals surface area contributed by atoms with E-state index in [1.807, 2.05) is 51.1 Å². The van der Waals surface area contributed by atoms with Gasteiger partial charge < -0.3 is 10.2 Å². The molecule has 1 unspecified atom stereocenters. The first-order chi connectivity index (χ1) is 10.0. The molecule has 0 aliphatic rings. The molecule has 0 spiro atoms. The molecule has 0 aromatic heterocycles. The van der Waals surface area contributed by atoms with Gasteiger partial charge in [-0.15, -0.1) is 0 Å². The van der Waals surface area contributed by atoms with E-state index in [0.29, 0.717) is 6.54 Å². The van der Waals surface area contributed by atoms with E-state index < -0.39 is 6.03 Å². The van der Waals surface area contributed by atoms with Crippen molar-refractivity contribution in [2.75, 3.05) is 13.1 Å². The van der Waals surface area contributed by atoms with Gasteiger partial charge >= 0.3 is 6.03 Å². The summed E-state index contributed by atoms with van der Waals surface area (Å²) in [5, 5.41) is 5.11. The number of quaternary nitrogens is 1. The zero-order chi connectivity index (χ0) is 15.7. The number of hydrogen-bond donors (Lipinski definition) is 3. The minimum atomic E-state index is -0.412. The molecule has 3 amide bonds. The number of amides is 3. The third-order valence-corrected chi connectivity index (χ3v) is 3.45. The van der Waals surface area contributed by atoms with Crippen LogP contribution in [-0.4, -0.2) is 31.1 Å². The Bertz CT molecular complexity index is 448. The maximum Gasteiger partial charge on any atom is 0.321 e.